The van der Waals surface area contributed by atoms with Crippen LogP contribution in [-0.2, 0) is 14.8 Å². The number of likely N-dealkylation sites (N-methyl/N-ethyl adjacent to an activating group) is 1. The predicted octanol–water partition coefficient (Wildman–Crippen LogP) is 1.66. The van der Waals surface area contributed by atoms with Gasteiger partial charge in [0, 0.05) is 12.6 Å². The van der Waals surface area contributed by atoms with E-state index in [0.29, 0.717) is 6.54 Å². The van der Waals surface area contributed by atoms with E-state index in [4.69, 9.17) is 0 Å². The van der Waals surface area contributed by atoms with Crippen LogP contribution in [0.1, 0.15) is 27.7 Å². The van der Waals surface area contributed by atoms with Crippen LogP contribution in [0.2, 0.25) is 0 Å². The summed E-state index contributed by atoms with van der Waals surface area (Å²) in [6.07, 6.45) is 0. The molecule has 1 aromatic carbocycles. The number of hydrogen-bond donors (Lipinski definition) is 3. The lowest BCUT2D eigenvalue weighted by molar-refractivity contribution is -0.123. The van der Waals surface area contributed by atoms with Gasteiger partial charge in [-0.05, 0) is 31.5 Å². The minimum atomic E-state index is -4.13. The molecule has 0 aliphatic carbocycles. The molecule has 0 spiro atoms. The maximum atomic E-state index is 13.7. The SMILES string of the molecule is CCN[C@H](C)CNC(=O)C(NS(=O)(=O)c1ccccc1F)C(C)C.Cl. The number of carbonyl (C=O) groups is 1. The van der Waals surface area contributed by atoms with Crippen LogP contribution in [0.15, 0.2) is 29.2 Å². The number of hydrogen-bond acceptors (Lipinski definition) is 4. The summed E-state index contributed by atoms with van der Waals surface area (Å²) in [5.74, 6) is -1.58. The maximum Gasteiger partial charge on any atom is 0.244 e. The van der Waals surface area contributed by atoms with Gasteiger partial charge >= 0.3 is 0 Å². The van der Waals surface area contributed by atoms with Gasteiger partial charge < -0.3 is 10.6 Å². The van der Waals surface area contributed by atoms with Crippen molar-refractivity contribution in [3.05, 3.63) is 30.1 Å². The summed E-state index contributed by atoms with van der Waals surface area (Å²) in [6, 6.07) is 4.15. The van der Waals surface area contributed by atoms with Crippen LogP contribution in [0, 0.1) is 11.7 Å². The summed E-state index contributed by atoms with van der Waals surface area (Å²) >= 11 is 0. The van der Waals surface area contributed by atoms with Crippen LogP contribution in [0.3, 0.4) is 0 Å². The predicted molar refractivity (Wildman–Crippen MR) is 98.7 cm³/mol. The number of halogens is 2. The van der Waals surface area contributed by atoms with Crippen molar-refractivity contribution in [2.24, 2.45) is 5.92 Å². The van der Waals surface area contributed by atoms with Crippen molar-refractivity contribution >= 4 is 28.3 Å². The van der Waals surface area contributed by atoms with Gasteiger partial charge in [0.25, 0.3) is 0 Å². The Kier molecular flexibility index (Phi) is 10.2. The van der Waals surface area contributed by atoms with Gasteiger partial charge in [-0.1, -0.05) is 32.9 Å². The molecule has 144 valence electrons. The van der Waals surface area contributed by atoms with Gasteiger partial charge in [-0.25, -0.2) is 12.8 Å². The highest BCUT2D eigenvalue weighted by Gasteiger charge is 2.29. The second kappa shape index (κ2) is 10.7. The zero-order valence-corrected chi connectivity index (χ0v) is 16.5. The second-order valence-electron chi connectivity index (χ2n) is 5.98. The maximum absolute atomic E-state index is 13.7. The van der Waals surface area contributed by atoms with Crippen molar-refractivity contribution in [2.75, 3.05) is 13.1 Å². The number of amides is 1. The highest BCUT2D eigenvalue weighted by molar-refractivity contribution is 7.89. The smallest absolute Gasteiger partial charge is 0.244 e. The van der Waals surface area contributed by atoms with Gasteiger partial charge in [0.2, 0.25) is 15.9 Å². The molecule has 0 radical (unpaired) electrons. The molecule has 0 aliphatic heterocycles. The summed E-state index contributed by atoms with van der Waals surface area (Å²) in [5.41, 5.74) is 0. The minimum Gasteiger partial charge on any atom is -0.353 e. The molecular weight excluding hydrogens is 369 g/mol. The van der Waals surface area contributed by atoms with Crippen molar-refractivity contribution in [3.63, 3.8) is 0 Å². The van der Waals surface area contributed by atoms with E-state index in [0.717, 1.165) is 12.6 Å². The summed E-state index contributed by atoms with van der Waals surface area (Å²) in [4.78, 5) is 11.9. The van der Waals surface area contributed by atoms with Gasteiger partial charge in [-0.3, -0.25) is 4.79 Å². The standard InChI is InChI=1S/C16H26FN3O3S.ClH/c1-5-18-12(4)10-19-16(21)15(11(2)3)20-24(22,23)14-9-7-6-8-13(14)17;/h6-9,11-12,15,18,20H,5,10H2,1-4H3,(H,19,21);1H/t12-,15?;/m1./s1. The first-order valence-corrected chi connectivity index (χ1v) is 9.45. The first-order chi connectivity index (χ1) is 11.2. The van der Waals surface area contributed by atoms with E-state index in [2.05, 4.69) is 15.4 Å². The Labute approximate surface area is 155 Å². The number of carbonyl (C=O) groups excluding carboxylic acids is 1. The van der Waals surface area contributed by atoms with Crippen molar-refractivity contribution < 1.29 is 17.6 Å². The third-order valence-corrected chi connectivity index (χ3v) is 4.97. The van der Waals surface area contributed by atoms with Crippen LogP contribution >= 0.6 is 12.4 Å². The molecule has 0 aliphatic rings. The second-order valence-corrected chi connectivity index (χ2v) is 7.66. The quantitative estimate of drug-likeness (QED) is 0.593. The molecule has 0 fully saturated rings. The lowest BCUT2D eigenvalue weighted by atomic mass is 10.1. The fraction of sp³-hybridized carbons (Fsp3) is 0.562. The molecule has 0 aromatic heterocycles. The lowest BCUT2D eigenvalue weighted by Crippen LogP contribution is -2.51. The van der Waals surface area contributed by atoms with Crippen LogP contribution in [0.4, 0.5) is 4.39 Å². The molecular formula is C16H27ClFN3O3S. The molecule has 1 unspecified atom stereocenters. The molecule has 9 heteroatoms. The molecule has 1 amide bonds. The summed E-state index contributed by atoms with van der Waals surface area (Å²) in [7, 11) is -4.13. The van der Waals surface area contributed by atoms with Gasteiger partial charge in [0.1, 0.15) is 16.8 Å². The lowest BCUT2D eigenvalue weighted by Gasteiger charge is -2.23. The Morgan fingerprint density at radius 3 is 2.32 bits per heavy atom. The fourth-order valence-electron chi connectivity index (χ4n) is 2.17. The first kappa shape index (κ1) is 23.8. The van der Waals surface area contributed by atoms with Crippen molar-refractivity contribution in [1.82, 2.24) is 15.4 Å². The van der Waals surface area contributed by atoms with E-state index < -0.39 is 32.7 Å². The minimum absolute atomic E-state index is 0. The molecule has 3 N–H and O–H groups in total. The van der Waals surface area contributed by atoms with Gasteiger partial charge in [0.05, 0.1) is 0 Å². The molecule has 2 atom stereocenters. The largest absolute Gasteiger partial charge is 0.353 e. The highest BCUT2D eigenvalue weighted by Crippen LogP contribution is 2.15. The molecule has 1 aromatic rings. The van der Waals surface area contributed by atoms with E-state index in [9.17, 15) is 17.6 Å². The van der Waals surface area contributed by atoms with Crippen molar-refractivity contribution in [2.45, 2.75) is 44.7 Å². The topological polar surface area (TPSA) is 87.3 Å². The van der Waals surface area contributed by atoms with Crippen LogP contribution < -0.4 is 15.4 Å². The molecule has 1 rings (SSSR count). The first-order valence-electron chi connectivity index (χ1n) is 7.97. The normalized spacial score (nSPS) is 13.8. The van der Waals surface area contributed by atoms with Crippen LogP contribution in [-0.4, -0.2) is 39.5 Å². The zero-order valence-electron chi connectivity index (χ0n) is 14.9. The van der Waals surface area contributed by atoms with E-state index in [1.54, 1.807) is 13.8 Å². The number of nitrogens with one attached hydrogen (secondary N) is 3. The number of sulfonamides is 1. The Morgan fingerprint density at radius 2 is 1.80 bits per heavy atom. The Morgan fingerprint density at radius 1 is 1.20 bits per heavy atom. The third kappa shape index (κ3) is 7.27. The Bertz CT molecular complexity index is 656. The van der Waals surface area contributed by atoms with E-state index in [-0.39, 0.29) is 24.4 Å². The Hall–Kier alpha value is -1.22. The third-order valence-electron chi connectivity index (χ3n) is 3.49. The van der Waals surface area contributed by atoms with Crippen LogP contribution in [0.25, 0.3) is 0 Å². The summed E-state index contributed by atoms with van der Waals surface area (Å²) in [5, 5.41) is 5.86. The van der Waals surface area contributed by atoms with Gasteiger partial charge in [-0.2, -0.15) is 4.72 Å². The van der Waals surface area contributed by atoms with Gasteiger partial charge in [-0.15, -0.1) is 12.4 Å². The highest BCUT2D eigenvalue weighted by atomic mass is 35.5. The van der Waals surface area contributed by atoms with E-state index >= 15 is 0 Å². The molecule has 0 heterocycles. The van der Waals surface area contributed by atoms with Crippen molar-refractivity contribution in [3.8, 4) is 0 Å². The monoisotopic (exact) mass is 395 g/mol. The van der Waals surface area contributed by atoms with E-state index in [1.807, 2.05) is 13.8 Å². The van der Waals surface area contributed by atoms with Crippen LogP contribution in [0.5, 0.6) is 0 Å². The summed E-state index contributed by atoms with van der Waals surface area (Å²) in [6.45, 7) is 8.46. The number of benzene rings is 1. The van der Waals surface area contributed by atoms with E-state index in [1.165, 1.54) is 18.2 Å². The molecule has 6 nitrogen and oxygen atoms in total. The fourth-order valence-corrected chi connectivity index (χ4v) is 3.59. The average Bonchev–Trinajstić information content (AvgIpc) is 2.50. The molecule has 0 bridgehead atoms. The molecule has 0 saturated heterocycles. The van der Waals surface area contributed by atoms with Crippen molar-refractivity contribution in [1.29, 1.82) is 0 Å². The number of rotatable bonds is 9. The molecule has 0 saturated carbocycles. The zero-order chi connectivity index (χ0) is 18.3. The summed E-state index contributed by atoms with van der Waals surface area (Å²) < 4.78 is 40.8. The molecule has 25 heavy (non-hydrogen) atoms. The average molecular weight is 396 g/mol. The Balaban J connectivity index is 0.00000576. The van der Waals surface area contributed by atoms with Gasteiger partial charge in [0.15, 0.2) is 0 Å².